The number of aromatic nitrogens is 3. The quantitative estimate of drug-likeness (QED) is 0.534. The standard InChI is InChI=1S/C22H20F4N4O3/c1-21-5-6-22(10-21,11-32-21)15-9-30-8-12(7-14(18(30)28-15)33-20(25)26)19(31)29-16-4-2-3-13(27-16)17(23)24/h2-4,7-9,17,20H,5-6,10-11H2,1H3,(H,27,29,31)/t21-,22-/m1/s1. The van der Waals surface area contributed by atoms with Gasteiger partial charge in [-0.05, 0) is 44.4 Å². The molecule has 3 aromatic heterocycles. The molecule has 2 atom stereocenters. The van der Waals surface area contributed by atoms with Crippen LogP contribution in [0.15, 0.2) is 36.7 Å². The van der Waals surface area contributed by atoms with E-state index in [9.17, 15) is 22.4 Å². The number of amides is 1. The van der Waals surface area contributed by atoms with E-state index in [1.807, 2.05) is 6.92 Å². The molecule has 1 aliphatic carbocycles. The van der Waals surface area contributed by atoms with Crippen LogP contribution in [-0.2, 0) is 10.2 Å². The smallest absolute Gasteiger partial charge is 0.387 e. The number of ether oxygens (including phenoxy) is 2. The molecule has 0 spiro atoms. The number of anilines is 1. The fourth-order valence-electron chi connectivity index (χ4n) is 4.71. The van der Waals surface area contributed by atoms with Gasteiger partial charge in [-0.3, -0.25) is 4.79 Å². The minimum atomic E-state index is -3.13. The molecule has 7 nitrogen and oxygen atoms in total. The van der Waals surface area contributed by atoms with E-state index >= 15 is 0 Å². The SMILES string of the molecule is C[C@]12CC[C@](c3cn4cc(C(=O)Nc5cccc(C(F)F)n5)cc(OC(F)F)c4n3)(CO1)C2. The second-order valence-electron chi connectivity index (χ2n) is 8.73. The van der Waals surface area contributed by atoms with Crippen LogP contribution in [0, 0.1) is 0 Å². The number of rotatable bonds is 6. The average Bonchev–Trinajstić information content (AvgIpc) is 3.44. The minimum Gasteiger partial charge on any atom is -0.431 e. The molecule has 3 aromatic rings. The van der Waals surface area contributed by atoms with Gasteiger partial charge in [0.2, 0.25) is 0 Å². The van der Waals surface area contributed by atoms with Crippen molar-refractivity contribution in [3.05, 3.63) is 53.6 Å². The zero-order chi connectivity index (χ0) is 23.4. The number of nitrogens with one attached hydrogen (secondary N) is 1. The lowest BCUT2D eigenvalue weighted by Crippen LogP contribution is -2.26. The predicted molar refractivity (Wildman–Crippen MR) is 109 cm³/mol. The van der Waals surface area contributed by atoms with E-state index in [0.29, 0.717) is 12.3 Å². The third kappa shape index (κ3) is 3.90. The molecule has 11 heteroatoms. The van der Waals surface area contributed by atoms with Gasteiger partial charge in [0, 0.05) is 17.8 Å². The summed E-state index contributed by atoms with van der Waals surface area (Å²) in [6, 6.07) is 4.96. The Bertz CT molecular complexity index is 1220. The lowest BCUT2D eigenvalue weighted by atomic mass is 9.84. The van der Waals surface area contributed by atoms with Gasteiger partial charge in [0.05, 0.1) is 23.5 Å². The summed E-state index contributed by atoms with van der Waals surface area (Å²) in [4.78, 5) is 21.0. The number of hydrogen-bond acceptors (Lipinski definition) is 5. The van der Waals surface area contributed by atoms with Crippen LogP contribution in [0.25, 0.3) is 5.65 Å². The third-order valence-electron chi connectivity index (χ3n) is 6.32. The maximum Gasteiger partial charge on any atom is 0.387 e. The number of carbonyl (C=O) groups is 1. The Morgan fingerprint density at radius 2 is 2.03 bits per heavy atom. The van der Waals surface area contributed by atoms with Crippen molar-refractivity contribution in [2.45, 2.75) is 50.2 Å². The van der Waals surface area contributed by atoms with Gasteiger partial charge in [-0.1, -0.05) is 6.07 Å². The monoisotopic (exact) mass is 464 g/mol. The number of imidazole rings is 1. The number of nitrogens with zero attached hydrogens (tertiary/aromatic N) is 3. The van der Waals surface area contributed by atoms with Crippen LogP contribution in [0.5, 0.6) is 5.75 Å². The highest BCUT2D eigenvalue weighted by molar-refractivity contribution is 6.04. The lowest BCUT2D eigenvalue weighted by Gasteiger charge is -2.24. The van der Waals surface area contributed by atoms with Gasteiger partial charge >= 0.3 is 6.61 Å². The Kier molecular flexibility index (Phi) is 5.04. The maximum absolute atomic E-state index is 13.1. The first-order chi connectivity index (χ1) is 15.7. The van der Waals surface area contributed by atoms with Gasteiger partial charge in [-0.15, -0.1) is 0 Å². The van der Waals surface area contributed by atoms with E-state index in [2.05, 4.69) is 20.0 Å². The highest BCUT2D eigenvalue weighted by atomic mass is 19.3. The van der Waals surface area contributed by atoms with Crippen molar-refractivity contribution < 1.29 is 31.8 Å². The molecule has 1 amide bonds. The van der Waals surface area contributed by atoms with Crippen molar-refractivity contribution in [1.82, 2.24) is 14.4 Å². The van der Waals surface area contributed by atoms with Crippen LogP contribution < -0.4 is 10.1 Å². The van der Waals surface area contributed by atoms with Crippen molar-refractivity contribution in [2.75, 3.05) is 11.9 Å². The summed E-state index contributed by atoms with van der Waals surface area (Å²) in [5.74, 6) is -1.08. The Morgan fingerprint density at radius 1 is 1.21 bits per heavy atom. The minimum absolute atomic E-state index is 0.0252. The van der Waals surface area contributed by atoms with E-state index < -0.39 is 24.6 Å². The molecule has 33 heavy (non-hydrogen) atoms. The summed E-state index contributed by atoms with van der Waals surface area (Å²) in [7, 11) is 0. The molecule has 174 valence electrons. The Hall–Kier alpha value is -3.21. The van der Waals surface area contributed by atoms with E-state index in [4.69, 9.17) is 4.74 Å². The Labute approximate surface area is 185 Å². The summed E-state index contributed by atoms with van der Waals surface area (Å²) in [6.07, 6.45) is 2.83. The second-order valence-corrected chi connectivity index (χ2v) is 8.73. The number of halogens is 4. The fourth-order valence-corrected chi connectivity index (χ4v) is 4.71. The normalized spacial score (nSPS) is 24.2. The molecule has 4 heterocycles. The third-order valence-corrected chi connectivity index (χ3v) is 6.32. The molecule has 1 saturated heterocycles. The summed E-state index contributed by atoms with van der Waals surface area (Å²) < 4.78 is 64.0. The summed E-state index contributed by atoms with van der Waals surface area (Å²) in [5.41, 5.74) is -0.219. The number of hydrogen-bond donors (Lipinski definition) is 1. The van der Waals surface area contributed by atoms with E-state index in [1.54, 1.807) is 6.20 Å². The van der Waals surface area contributed by atoms with Crippen LogP contribution in [0.1, 0.15) is 54.4 Å². The van der Waals surface area contributed by atoms with Crippen LogP contribution in [-0.4, -0.2) is 39.1 Å². The summed E-state index contributed by atoms with van der Waals surface area (Å²) >= 11 is 0. The van der Waals surface area contributed by atoms with Crippen LogP contribution in [0.3, 0.4) is 0 Å². The van der Waals surface area contributed by atoms with Crippen molar-refractivity contribution in [3.63, 3.8) is 0 Å². The van der Waals surface area contributed by atoms with E-state index in [0.717, 1.165) is 31.4 Å². The molecule has 0 radical (unpaired) electrons. The van der Waals surface area contributed by atoms with Crippen molar-refractivity contribution >= 4 is 17.4 Å². The first-order valence-corrected chi connectivity index (χ1v) is 10.3. The Morgan fingerprint density at radius 3 is 2.67 bits per heavy atom. The summed E-state index contributed by atoms with van der Waals surface area (Å²) in [6.45, 7) is -0.597. The van der Waals surface area contributed by atoms with Gasteiger partial charge < -0.3 is 19.2 Å². The molecular formula is C22H20F4N4O3. The first kappa shape index (κ1) is 21.6. The van der Waals surface area contributed by atoms with Crippen LogP contribution in [0.2, 0.25) is 0 Å². The molecule has 0 unspecified atom stereocenters. The van der Waals surface area contributed by atoms with Gasteiger partial charge in [-0.2, -0.15) is 8.78 Å². The van der Waals surface area contributed by atoms with E-state index in [1.165, 1.54) is 22.7 Å². The van der Waals surface area contributed by atoms with Crippen LogP contribution in [0.4, 0.5) is 23.4 Å². The van der Waals surface area contributed by atoms with Crippen molar-refractivity contribution in [3.8, 4) is 5.75 Å². The second kappa shape index (κ2) is 7.68. The maximum atomic E-state index is 13.1. The van der Waals surface area contributed by atoms with Gasteiger partial charge in [-0.25, -0.2) is 18.7 Å². The molecule has 1 N–H and O–H groups in total. The van der Waals surface area contributed by atoms with Gasteiger partial charge in [0.1, 0.15) is 11.5 Å². The predicted octanol–water partition coefficient (Wildman–Crippen LogP) is 4.73. The molecule has 1 saturated carbocycles. The highest BCUT2D eigenvalue weighted by Crippen LogP contribution is 2.53. The average molecular weight is 464 g/mol. The van der Waals surface area contributed by atoms with Crippen molar-refractivity contribution in [1.29, 1.82) is 0 Å². The number of carbonyl (C=O) groups excluding carboxylic acids is 1. The van der Waals surface area contributed by atoms with E-state index in [-0.39, 0.29) is 33.8 Å². The van der Waals surface area contributed by atoms with Crippen molar-refractivity contribution in [2.24, 2.45) is 0 Å². The van der Waals surface area contributed by atoms with Gasteiger partial charge in [0.25, 0.3) is 12.3 Å². The fraction of sp³-hybridized carbons (Fsp3) is 0.409. The zero-order valence-corrected chi connectivity index (χ0v) is 17.5. The molecule has 2 bridgehead atoms. The largest absolute Gasteiger partial charge is 0.431 e. The lowest BCUT2D eigenvalue weighted by molar-refractivity contribution is -0.0492. The number of fused-ring (bicyclic) bond motifs is 3. The number of pyridine rings is 2. The topological polar surface area (TPSA) is 77.8 Å². The molecule has 2 fully saturated rings. The Balaban J connectivity index is 1.50. The first-order valence-electron chi connectivity index (χ1n) is 10.3. The molecule has 5 rings (SSSR count). The number of alkyl halides is 4. The molecule has 0 aromatic carbocycles. The molecular weight excluding hydrogens is 444 g/mol. The molecule has 2 aliphatic rings. The highest BCUT2D eigenvalue weighted by Gasteiger charge is 2.55. The summed E-state index contributed by atoms with van der Waals surface area (Å²) in [5, 5.41) is 2.41. The van der Waals surface area contributed by atoms with Crippen LogP contribution >= 0.6 is 0 Å². The zero-order valence-electron chi connectivity index (χ0n) is 17.5. The molecule has 1 aliphatic heterocycles. The van der Waals surface area contributed by atoms with Gasteiger partial charge in [0.15, 0.2) is 11.4 Å².